The van der Waals surface area contributed by atoms with Gasteiger partial charge in [-0.3, -0.25) is 9.59 Å². The van der Waals surface area contributed by atoms with Gasteiger partial charge < -0.3 is 303 Å². The van der Waals surface area contributed by atoms with Crippen LogP contribution in [-0.2, 0) is 119 Å². The van der Waals surface area contributed by atoms with Gasteiger partial charge in [0, 0.05) is 13.8 Å². The summed E-state index contributed by atoms with van der Waals surface area (Å²) in [4.78, 5) is 25.4. The van der Waals surface area contributed by atoms with Crippen molar-refractivity contribution in [1.82, 2.24) is 10.6 Å². The molecule has 12 rings (SSSR count). The average molecular weight is 2050 g/mol. The summed E-state index contributed by atoms with van der Waals surface area (Å²) in [6.45, 7) is -12.2. The summed E-state index contributed by atoms with van der Waals surface area (Å²) in [6.07, 6.45) is -130. The first-order valence-corrected chi connectivity index (χ1v) is 44.2. The van der Waals surface area contributed by atoms with Crippen LogP contribution >= 0.6 is 0 Å². The van der Waals surface area contributed by atoms with Crippen molar-refractivity contribution < 1.29 is 302 Å². The Kier molecular flexibility index (Phi) is 41.0. The number of carbonyl (C=O) groups excluding carboxylic acids is 2. The van der Waals surface area contributed by atoms with Gasteiger partial charge in [0.1, 0.15) is 293 Å². The third-order valence-electron chi connectivity index (χ3n) is 25.9. The van der Waals surface area contributed by atoms with Crippen molar-refractivity contribution in [3.63, 3.8) is 0 Å². The van der Waals surface area contributed by atoms with Crippen molar-refractivity contribution in [3.8, 4) is 0 Å². The van der Waals surface area contributed by atoms with Gasteiger partial charge in [0.2, 0.25) is 11.8 Å². The lowest BCUT2D eigenvalue weighted by molar-refractivity contribution is -0.412. The molecule has 12 aliphatic rings. The molecule has 12 aliphatic heterocycles. The number of ether oxygens (including phenoxy) is 23. The number of hydrogen-bond donors (Lipinski definition) is 38. The van der Waals surface area contributed by atoms with Gasteiger partial charge in [-0.2, -0.15) is 0 Å². The summed E-state index contributed by atoms with van der Waals surface area (Å²) in [5.74, 6) is -1.85. The van der Waals surface area contributed by atoms with Crippen molar-refractivity contribution in [1.29, 1.82) is 0 Å². The zero-order valence-corrected chi connectivity index (χ0v) is 73.4. The lowest BCUT2D eigenvalue weighted by Crippen LogP contribution is -2.70. The van der Waals surface area contributed by atoms with Crippen LogP contribution in [0.3, 0.4) is 0 Å². The van der Waals surface area contributed by atoms with Gasteiger partial charge in [-0.15, -0.1) is 0 Å². The predicted molar refractivity (Wildman–Crippen MR) is 418 cm³/mol. The molecular formula is C76H128N2O61. The molecule has 12 heterocycles. The lowest BCUT2D eigenvalue weighted by Gasteiger charge is -2.51. The number of amides is 2. The van der Waals surface area contributed by atoms with Crippen molar-refractivity contribution in [3.05, 3.63) is 0 Å². The van der Waals surface area contributed by atoms with Crippen LogP contribution in [0.2, 0.25) is 0 Å². The van der Waals surface area contributed by atoms with E-state index < -0.39 is 459 Å². The van der Waals surface area contributed by atoms with Crippen molar-refractivity contribution in [2.75, 3.05) is 79.3 Å². The number of aliphatic hydroxyl groups is 36. The molecule has 63 nitrogen and oxygen atoms in total. The molecule has 2 amide bonds. The molecule has 38 N–H and O–H groups in total. The Morgan fingerprint density at radius 3 is 0.719 bits per heavy atom. The van der Waals surface area contributed by atoms with Crippen LogP contribution in [0.5, 0.6) is 0 Å². The van der Waals surface area contributed by atoms with E-state index in [9.17, 15) is 193 Å². The highest BCUT2D eigenvalue weighted by molar-refractivity contribution is 5.73. The van der Waals surface area contributed by atoms with E-state index in [2.05, 4.69) is 10.6 Å². The minimum atomic E-state index is -2.74. The van der Waals surface area contributed by atoms with E-state index in [-0.39, 0.29) is 0 Å². The fourth-order valence-electron chi connectivity index (χ4n) is 18.0. The number of nitrogens with one attached hydrogen (secondary N) is 2. The van der Waals surface area contributed by atoms with Crippen LogP contribution in [0, 0.1) is 0 Å². The van der Waals surface area contributed by atoms with E-state index in [4.69, 9.17) is 109 Å². The molecule has 808 valence electrons. The maximum absolute atomic E-state index is 13.2. The van der Waals surface area contributed by atoms with Crippen LogP contribution in [0.4, 0.5) is 0 Å². The van der Waals surface area contributed by atoms with Crippen molar-refractivity contribution >= 4 is 11.8 Å². The number of carbonyl (C=O) groups is 2. The smallest absolute Gasteiger partial charge is 0.217 e. The van der Waals surface area contributed by atoms with Crippen LogP contribution in [0.25, 0.3) is 0 Å². The van der Waals surface area contributed by atoms with Crippen molar-refractivity contribution in [2.45, 2.75) is 382 Å². The Morgan fingerprint density at radius 1 is 0.187 bits per heavy atom. The van der Waals surface area contributed by atoms with Gasteiger partial charge >= 0.3 is 0 Å². The van der Waals surface area contributed by atoms with Crippen molar-refractivity contribution in [2.24, 2.45) is 0 Å². The van der Waals surface area contributed by atoms with E-state index in [1.54, 1.807) is 0 Å². The first-order chi connectivity index (χ1) is 65.9. The molecule has 0 spiro atoms. The van der Waals surface area contributed by atoms with Gasteiger partial charge in [-0.05, 0) is 0 Å². The predicted octanol–water partition coefficient (Wildman–Crippen LogP) is -26.9. The maximum atomic E-state index is 13.2. The maximum Gasteiger partial charge on any atom is 0.217 e. The molecular weight excluding hydrogens is 1920 g/mol. The molecule has 0 bridgehead atoms. The Morgan fingerprint density at radius 2 is 0.388 bits per heavy atom. The largest absolute Gasteiger partial charge is 0.394 e. The van der Waals surface area contributed by atoms with Crippen LogP contribution in [0.1, 0.15) is 13.8 Å². The van der Waals surface area contributed by atoms with Crippen LogP contribution < -0.4 is 10.6 Å². The first-order valence-electron chi connectivity index (χ1n) is 44.2. The van der Waals surface area contributed by atoms with E-state index >= 15 is 0 Å². The number of aliphatic hydroxyl groups excluding tert-OH is 36. The summed E-state index contributed by atoms with van der Waals surface area (Å²) >= 11 is 0. The highest BCUT2D eigenvalue weighted by atomic mass is 16.8. The molecule has 12 saturated heterocycles. The highest BCUT2D eigenvalue weighted by Crippen LogP contribution is 2.43. The molecule has 63 heteroatoms. The molecule has 0 aromatic rings. The lowest BCUT2D eigenvalue weighted by atomic mass is 9.94. The quantitative estimate of drug-likeness (QED) is 0.0277. The third kappa shape index (κ3) is 24.5. The van der Waals surface area contributed by atoms with Gasteiger partial charge in [-0.1, -0.05) is 0 Å². The monoisotopic (exact) mass is 2040 g/mol. The fraction of sp³-hybridized carbons (Fsp3) is 0.974. The Bertz CT molecular complexity index is 3730. The van der Waals surface area contributed by atoms with Gasteiger partial charge in [0.05, 0.1) is 79.3 Å². The molecule has 1 unspecified atom stereocenters. The Labute approximate surface area is 784 Å². The number of rotatable bonds is 36. The molecule has 60 atom stereocenters. The van der Waals surface area contributed by atoms with E-state index in [1.165, 1.54) is 0 Å². The minimum Gasteiger partial charge on any atom is -0.394 e. The summed E-state index contributed by atoms with van der Waals surface area (Å²) in [5, 5.41) is 408. The third-order valence-corrected chi connectivity index (χ3v) is 25.9. The second kappa shape index (κ2) is 49.8. The van der Waals surface area contributed by atoms with Crippen LogP contribution in [0.15, 0.2) is 0 Å². The van der Waals surface area contributed by atoms with Crippen LogP contribution in [-0.4, -0.2) is 643 Å². The molecule has 0 saturated carbocycles. The average Bonchev–Trinajstić information content (AvgIpc) is 0.762. The molecule has 139 heavy (non-hydrogen) atoms. The fourth-order valence-corrected chi connectivity index (χ4v) is 18.0. The summed E-state index contributed by atoms with van der Waals surface area (Å²) in [7, 11) is 0. The Balaban J connectivity index is 0.876. The second-order valence-electron chi connectivity index (χ2n) is 35.2. The standard InChI is InChI=1S/C76H128N2O61/c1-15(89)77-29-41(101)56(25(11-87)119-65(29)116)131-66-30(78-16(2)90)42(102)57(26(12-88)128-66)132-73-55(115)61(40(100)28(130-73)14-118-68-52(112)60(39(99)27(129-68)13-117-67-49(109)43(103)31(91)17(3-79)120-67)135-74-62(46(106)34(94)20(6-82)125-74)137-70-51(111)45(105)33(93)19(5-81)122-70)136-75-64(48(108)36(96)21(7-83)126-75)139-76-63(47(107)35(95)22(8-84)127-76)138-72-54(114)59(38(98)24(10-86)124-72)134-71-53(113)58(37(97)23(9-85)123-71)133-69-50(110)44(104)32(92)18(4-80)121-69/h17-76,79-88,91-116H,3-14H2,1-2H3,(H,77,89)(H,78,90)/t17-,18-,19-,20-,21-,22-,23-,24-,25-,26-,27-,28-,29-,30-,31-,32-,33-,34-,35-,36-,37-,38-,39-,40-,41-,42-,43+,44+,45+,46+,47+,48+,49+,50-,51+,52+,53-,54+,55+,56-,57-,58+,59+,60+,61+,62+,63+,64+,65?,66+,67+,68+,69-,70-,71-,72-,73+,74-,75-,76-/m1/s1. The first kappa shape index (κ1) is 114. The highest BCUT2D eigenvalue weighted by Gasteiger charge is 2.64. The van der Waals surface area contributed by atoms with Gasteiger partial charge in [-0.25, -0.2) is 0 Å². The summed E-state index contributed by atoms with van der Waals surface area (Å²) < 4.78 is 135. The van der Waals surface area contributed by atoms with E-state index in [1.807, 2.05) is 0 Å². The summed E-state index contributed by atoms with van der Waals surface area (Å²) in [6, 6.07) is -3.75. The Hall–Kier alpha value is -3.42. The SMILES string of the molecule is CC(=O)N[C@H]1[C@H](O[C@H]2[C@H](O)[C@@H](NC(C)=O)C(O)O[C@@H]2CO)O[C@H](CO)[C@@H](O[C@@H]2O[C@H](CO[C@H]3O[C@H](CO[C@H]4O[C@H](CO)[C@@H](O)[C@H](O)[C@@H]4O)[C@@H](O)[C@H](O[C@H]4O[C@H](CO)[C@@H](O)[C@H](O)[C@@H]4O[C@H]4O[C@H](CO)[C@@H](O)[C@H](O)[C@@H]4O)[C@@H]3O)[C@@H](O)[C@H](O[C@H]3O[C@H](CO)[C@@H](O)[C@H](O)[C@@H]3O[C@H]3O[C@H](CO)[C@@H](O)[C@H](O)[C@@H]3O[C@H]3O[C@H](CO)[C@@H](O)[C@H](O[C@H]4O[C@H](CO)[C@@H](O)[C@H](O[C@H]5O[C@H](CO)[C@@H](O)[C@H](O)[C@H]5O)[C@H]4O)[C@@H]3O)[C@@H]2O)[C@@H]1O. The molecule has 0 aromatic carbocycles. The zero-order valence-electron chi connectivity index (χ0n) is 73.4. The van der Waals surface area contributed by atoms with E-state index in [0.29, 0.717) is 0 Å². The van der Waals surface area contributed by atoms with E-state index in [0.717, 1.165) is 13.8 Å². The second-order valence-corrected chi connectivity index (χ2v) is 35.2. The molecule has 0 aromatic heterocycles. The summed E-state index contributed by atoms with van der Waals surface area (Å²) in [5.41, 5.74) is 0. The minimum absolute atomic E-state index is 0.836. The molecule has 0 radical (unpaired) electrons. The number of hydrogen-bond acceptors (Lipinski definition) is 61. The normalized spacial score (nSPS) is 51.9. The van der Waals surface area contributed by atoms with Gasteiger partial charge in [0.25, 0.3) is 0 Å². The van der Waals surface area contributed by atoms with Gasteiger partial charge in [0.15, 0.2) is 75.5 Å². The topological polar surface area (TPSA) is 999 Å². The molecule has 0 aliphatic carbocycles. The molecule has 12 fully saturated rings. The zero-order chi connectivity index (χ0) is 102.